The van der Waals surface area contributed by atoms with Crippen molar-refractivity contribution in [3.05, 3.63) is 50.6 Å². The Bertz CT molecular complexity index is 1030. The van der Waals surface area contributed by atoms with Gasteiger partial charge in [-0.3, -0.25) is 14.2 Å². The molecule has 25 heavy (non-hydrogen) atoms. The fourth-order valence-electron chi connectivity index (χ4n) is 3.12. The predicted octanol–water partition coefficient (Wildman–Crippen LogP) is 3.02. The Labute approximate surface area is 152 Å². The molecule has 0 bridgehead atoms. The van der Waals surface area contributed by atoms with Crippen LogP contribution in [-0.2, 0) is 24.2 Å². The molecule has 0 radical (unpaired) electrons. The third-order valence-electron chi connectivity index (χ3n) is 4.29. The van der Waals surface area contributed by atoms with E-state index in [0.29, 0.717) is 11.1 Å². The molecule has 1 aliphatic carbocycles. The summed E-state index contributed by atoms with van der Waals surface area (Å²) in [6.07, 6.45) is 7.15. The van der Waals surface area contributed by atoms with Gasteiger partial charge in [-0.25, -0.2) is 9.97 Å². The first-order chi connectivity index (χ1) is 12.1. The number of amides is 1. The molecular weight excluding hydrogens is 360 g/mol. The van der Waals surface area contributed by atoms with Gasteiger partial charge in [-0.05, 0) is 43.4 Å². The number of aryl methyl sites for hydroxylation is 2. The van der Waals surface area contributed by atoms with Gasteiger partial charge in [0, 0.05) is 11.1 Å². The van der Waals surface area contributed by atoms with E-state index in [2.05, 4.69) is 15.3 Å². The number of hydrogen-bond acceptors (Lipinski definition) is 5. The molecule has 0 spiro atoms. The van der Waals surface area contributed by atoms with E-state index >= 15 is 0 Å². The minimum Gasteiger partial charge on any atom is -0.322 e. The fraction of sp³-hybridized carbons (Fsp3) is 0.294. The third-order valence-corrected chi connectivity index (χ3v) is 5.79. The normalized spacial score (nSPS) is 13.6. The number of aromatic nitrogens is 3. The summed E-state index contributed by atoms with van der Waals surface area (Å²) >= 11 is 7.54. The molecule has 0 aromatic carbocycles. The van der Waals surface area contributed by atoms with Crippen molar-refractivity contribution in [3.8, 4) is 0 Å². The number of nitrogens with zero attached hydrogens (tertiary/aromatic N) is 3. The number of thiophene rings is 1. The largest absolute Gasteiger partial charge is 0.322 e. The first-order valence-corrected chi connectivity index (χ1v) is 9.23. The van der Waals surface area contributed by atoms with Crippen molar-refractivity contribution in [2.45, 2.75) is 32.2 Å². The predicted molar refractivity (Wildman–Crippen MR) is 98.4 cm³/mol. The third kappa shape index (κ3) is 3.05. The lowest BCUT2D eigenvalue weighted by molar-refractivity contribution is -0.116. The maximum absolute atomic E-state index is 12.8. The number of pyridine rings is 1. The van der Waals surface area contributed by atoms with Crippen molar-refractivity contribution < 1.29 is 4.79 Å². The van der Waals surface area contributed by atoms with Crippen LogP contribution in [-0.4, -0.2) is 20.4 Å². The van der Waals surface area contributed by atoms with E-state index in [9.17, 15) is 9.59 Å². The van der Waals surface area contributed by atoms with Crippen LogP contribution < -0.4 is 10.9 Å². The van der Waals surface area contributed by atoms with Crippen LogP contribution in [0.2, 0.25) is 5.15 Å². The first-order valence-electron chi connectivity index (χ1n) is 8.03. The monoisotopic (exact) mass is 374 g/mol. The number of hydrogen-bond donors (Lipinski definition) is 1. The lowest BCUT2D eigenvalue weighted by Gasteiger charge is -2.11. The van der Waals surface area contributed by atoms with Crippen molar-refractivity contribution in [2.24, 2.45) is 0 Å². The molecule has 0 fully saturated rings. The van der Waals surface area contributed by atoms with Crippen LogP contribution >= 0.6 is 22.9 Å². The number of rotatable bonds is 3. The smallest absolute Gasteiger partial charge is 0.262 e. The second kappa shape index (κ2) is 6.57. The van der Waals surface area contributed by atoms with Gasteiger partial charge in [0.25, 0.3) is 5.56 Å². The maximum atomic E-state index is 12.8. The molecule has 1 aliphatic rings. The van der Waals surface area contributed by atoms with E-state index in [4.69, 9.17) is 11.6 Å². The van der Waals surface area contributed by atoms with Gasteiger partial charge in [-0.15, -0.1) is 11.3 Å². The molecule has 0 saturated carbocycles. The highest BCUT2D eigenvalue weighted by molar-refractivity contribution is 7.18. The van der Waals surface area contributed by atoms with Crippen molar-refractivity contribution in [3.63, 3.8) is 0 Å². The Morgan fingerprint density at radius 1 is 1.32 bits per heavy atom. The molecule has 4 rings (SSSR count). The number of anilines is 1. The summed E-state index contributed by atoms with van der Waals surface area (Å²) in [5.41, 5.74) is 1.38. The highest BCUT2D eigenvalue weighted by atomic mass is 35.5. The van der Waals surface area contributed by atoms with Crippen LogP contribution in [0, 0.1) is 0 Å². The van der Waals surface area contributed by atoms with Gasteiger partial charge < -0.3 is 5.32 Å². The Hall–Kier alpha value is -2.25. The van der Waals surface area contributed by atoms with Gasteiger partial charge in [0.05, 0.1) is 17.4 Å². The van der Waals surface area contributed by atoms with Gasteiger partial charge in [-0.1, -0.05) is 11.6 Å². The molecule has 3 aromatic heterocycles. The highest BCUT2D eigenvalue weighted by Gasteiger charge is 2.20. The van der Waals surface area contributed by atoms with Gasteiger partial charge in [0.15, 0.2) is 5.15 Å². The SMILES string of the molecule is O=C(Cn1cnc2sc3c(c2c1=O)CCCC3)Nc1cccnc1Cl. The topological polar surface area (TPSA) is 76.9 Å². The fourth-order valence-corrected chi connectivity index (χ4v) is 4.50. The van der Waals surface area contributed by atoms with Crippen LogP contribution in [0.4, 0.5) is 5.69 Å². The molecule has 1 N–H and O–H groups in total. The summed E-state index contributed by atoms with van der Waals surface area (Å²) in [6, 6.07) is 3.34. The van der Waals surface area contributed by atoms with Crippen molar-refractivity contribution in [2.75, 3.05) is 5.32 Å². The van der Waals surface area contributed by atoms with Crippen LogP contribution in [0.25, 0.3) is 10.2 Å². The van der Waals surface area contributed by atoms with E-state index < -0.39 is 0 Å². The molecule has 3 heterocycles. The number of fused-ring (bicyclic) bond motifs is 3. The van der Waals surface area contributed by atoms with Crippen molar-refractivity contribution in [1.29, 1.82) is 0 Å². The zero-order valence-corrected chi connectivity index (χ0v) is 14.9. The van der Waals surface area contributed by atoms with Gasteiger partial charge in [-0.2, -0.15) is 0 Å². The maximum Gasteiger partial charge on any atom is 0.262 e. The Kier molecular flexibility index (Phi) is 4.27. The van der Waals surface area contributed by atoms with Crippen LogP contribution in [0.5, 0.6) is 0 Å². The second-order valence-corrected chi connectivity index (χ2v) is 7.40. The first kappa shape index (κ1) is 16.2. The Morgan fingerprint density at radius 2 is 2.16 bits per heavy atom. The minimum atomic E-state index is -0.345. The molecule has 0 saturated heterocycles. The average molecular weight is 375 g/mol. The van der Waals surface area contributed by atoms with E-state index in [0.717, 1.165) is 36.1 Å². The molecule has 128 valence electrons. The van der Waals surface area contributed by atoms with E-state index in [1.165, 1.54) is 15.8 Å². The molecule has 6 nitrogen and oxygen atoms in total. The Balaban J connectivity index is 1.63. The van der Waals surface area contributed by atoms with E-state index in [1.54, 1.807) is 29.7 Å². The number of nitrogens with one attached hydrogen (secondary N) is 1. The zero-order valence-electron chi connectivity index (χ0n) is 13.3. The highest BCUT2D eigenvalue weighted by Crippen LogP contribution is 2.33. The van der Waals surface area contributed by atoms with Crippen molar-refractivity contribution >= 4 is 44.7 Å². The molecule has 0 aliphatic heterocycles. The summed E-state index contributed by atoms with van der Waals surface area (Å²) < 4.78 is 1.35. The molecule has 3 aromatic rings. The molecular formula is C17H15ClN4O2S. The number of carbonyl (C=O) groups excluding carboxylic acids is 1. The van der Waals surface area contributed by atoms with E-state index in [1.807, 2.05) is 0 Å². The zero-order chi connectivity index (χ0) is 17.4. The van der Waals surface area contributed by atoms with Crippen LogP contribution in [0.1, 0.15) is 23.3 Å². The lowest BCUT2D eigenvalue weighted by Crippen LogP contribution is -2.28. The number of carbonyl (C=O) groups is 1. The number of halogens is 1. The Morgan fingerprint density at radius 3 is 3.00 bits per heavy atom. The lowest BCUT2D eigenvalue weighted by atomic mass is 9.97. The molecule has 1 amide bonds. The summed E-state index contributed by atoms with van der Waals surface area (Å²) in [5, 5.41) is 3.56. The van der Waals surface area contributed by atoms with Gasteiger partial charge in [0.2, 0.25) is 5.91 Å². The van der Waals surface area contributed by atoms with Crippen molar-refractivity contribution in [1.82, 2.24) is 14.5 Å². The standard InChI is InChI=1S/C17H15ClN4O2S/c18-15-11(5-3-7-19-15)21-13(23)8-22-9-20-16-14(17(22)24)10-4-1-2-6-12(10)25-16/h3,5,7,9H,1-2,4,6,8H2,(H,21,23). The quantitative estimate of drug-likeness (QED) is 0.715. The summed E-state index contributed by atoms with van der Waals surface area (Å²) in [4.78, 5) is 35.4. The molecule has 0 atom stereocenters. The van der Waals surface area contributed by atoms with Crippen LogP contribution in [0.15, 0.2) is 29.5 Å². The minimum absolute atomic E-state index is 0.113. The van der Waals surface area contributed by atoms with Crippen LogP contribution in [0.3, 0.4) is 0 Å². The van der Waals surface area contributed by atoms with Gasteiger partial charge >= 0.3 is 0 Å². The summed E-state index contributed by atoms with van der Waals surface area (Å²) in [5.74, 6) is -0.345. The second-order valence-electron chi connectivity index (χ2n) is 5.96. The summed E-state index contributed by atoms with van der Waals surface area (Å²) in [7, 11) is 0. The summed E-state index contributed by atoms with van der Waals surface area (Å²) in [6.45, 7) is -0.113. The average Bonchev–Trinajstić information content (AvgIpc) is 2.99. The molecule has 8 heteroatoms. The van der Waals surface area contributed by atoms with E-state index in [-0.39, 0.29) is 23.2 Å². The molecule has 0 unspecified atom stereocenters. The van der Waals surface area contributed by atoms with Gasteiger partial charge in [0.1, 0.15) is 11.4 Å².